The van der Waals surface area contributed by atoms with E-state index in [1.165, 1.54) is 6.26 Å². The highest BCUT2D eigenvalue weighted by Gasteiger charge is 1.36. The normalized spacial score (nSPS) is 4.20. The fraction of sp³-hybridized carbons (Fsp3) is 0.333. The lowest BCUT2D eigenvalue weighted by molar-refractivity contribution is 0.339. The number of hydrogen-bond donors (Lipinski definition) is 0. The van der Waals surface area contributed by atoms with Gasteiger partial charge >= 0.3 is 0 Å². The first-order chi connectivity index (χ1) is 1.91. The molecule has 0 rings (SSSR count). The van der Waals surface area contributed by atoms with Crippen molar-refractivity contribution in [3.8, 4) is 0 Å². The van der Waals surface area contributed by atoms with E-state index in [-0.39, 0.29) is 5.48 Å². The first kappa shape index (κ1) is 8.82. The summed E-state index contributed by atoms with van der Waals surface area (Å²) in [6.45, 7) is 3.26. The minimum Gasteiger partial charge on any atom is -0.505 e. The van der Waals surface area contributed by atoms with Gasteiger partial charge in [-0.2, -0.15) is 0 Å². The molecule has 0 aliphatic rings. The molecule has 2 N–H and O–H groups in total. The van der Waals surface area contributed by atoms with Crippen LogP contribution in [0.5, 0.6) is 0 Å². The van der Waals surface area contributed by atoms with Crippen molar-refractivity contribution < 1.29 is 10.2 Å². The van der Waals surface area contributed by atoms with Crippen LogP contribution in [-0.2, 0) is 4.74 Å². The van der Waals surface area contributed by atoms with Gasteiger partial charge in [-0.1, -0.05) is 6.58 Å². The summed E-state index contributed by atoms with van der Waals surface area (Å²) in [5, 5.41) is 0. The maximum Gasteiger partial charge on any atom is 0.0766 e. The summed E-state index contributed by atoms with van der Waals surface area (Å²) in [7, 11) is 1.56. The van der Waals surface area contributed by atoms with Crippen LogP contribution in [0.25, 0.3) is 0 Å². The van der Waals surface area contributed by atoms with Gasteiger partial charge in [0.1, 0.15) is 0 Å². The zero-order valence-corrected chi connectivity index (χ0v) is 3.19. The van der Waals surface area contributed by atoms with Gasteiger partial charge in [0.25, 0.3) is 0 Å². The molecule has 0 saturated carbocycles. The van der Waals surface area contributed by atoms with Crippen LogP contribution in [0, 0.1) is 0 Å². The lowest BCUT2D eigenvalue weighted by Gasteiger charge is -1.73. The Balaban J connectivity index is 0. The number of rotatable bonds is 1. The summed E-state index contributed by atoms with van der Waals surface area (Å²) in [6, 6.07) is 0. The Kier molecular flexibility index (Phi) is 17.1. The molecule has 0 spiro atoms. The fourth-order valence-electron chi connectivity index (χ4n) is 0. The average molecular weight is 76.1 g/mol. The van der Waals surface area contributed by atoms with Crippen LogP contribution in [0.4, 0.5) is 0 Å². The van der Waals surface area contributed by atoms with E-state index in [0.29, 0.717) is 0 Å². The highest BCUT2D eigenvalue weighted by atomic mass is 16.5. The molecule has 0 bridgehead atoms. The van der Waals surface area contributed by atoms with Crippen LogP contribution in [0.3, 0.4) is 0 Å². The van der Waals surface area contributed by atoms with Crippen LogP contribution in [-0.4, -0.2) is 12.6 Å². The van der Waals surface area contributed by atoms with Gasteiger partial charge in [-0.25, -0.2) is 0 Å². The third kappa shape index (κ3) is 31.5. The fourth-order valence-corrected chi connectivity index (χ4v) is 0. The molecule has 0 aromatic heterocycles. The molecule has 0 aliphatic heterocycles. The van der Waals surface area contributed by atoms with Crippen molar-refractivity contribution in [3.05, 3.63) is 12.8 Å². The van der Waals surface area contributed by atoms with Crippen molar-refractivity contribution in [2.75, 3.05) is 7.11 Å². The highest BCUT2D eigenvalue weighted by molar-refractivity contribution is 4.43. The van der Waals surface area contributed by atoms with Gasteiger partial charge < -0.3 is 10.2 Å². The first-order valence-corrected chi connectivity index (χ1v) is 1.05. The molecule has 0 heterocycles. The van der Waals surface area contributed by atoms with Gasteiger partial charge in [-0.15, -0.1) is 0 Å². The molecule has 5 heavy (non-hydrogen) atoms. The Morgan fingerprint density at radius 1 is 1.80 bits per heavy atom. The van der Waals surface area contributed by atoms with Crippen LogP contribution in [0.15, 0.2) is 12.8 Å². The first-order valence-electron chi connectivity index (χ1n) is 1.05. The third-order valence-electron chi connectivity index (χ3n) is 0.167. The van der Waals surface area contributed by atoms with E-state index in [4.69, 9.17) is 0 Å². The Bertz CT molecular complexity index is 18.9. The predicted molar refractivity (Wildman–Crippen MR) is 20.8 cm³/mol. The molecular formula is C3H8O2. The predicted octanol–water partition coefficient (Wildman–Crippen LogP) is -0.0484. The second kappa shape index (κ2) is 9.72. The number of methoxy groups -OCH3 is 1. The van der Waals surface area contributed by atoms with Gasteiger partial charge in [0, 0.05) is 0 Å². The van der Waals surface area contributed by atoms with E-state index in [1.54, 1.807) is 7.11 Å². The van der Waals surface area contributed by atoms with E-state index in [0.717, 1.165) is 0 Å². The Morgan fingerprint density at radius 3 is 2.00 bits per heavy atom. The van der Waals surface area contributed by atoms with Gasteiger partial charge in [0.05, 0.1) is 13.4 Å². The summed E-state index contributed by atoms with van der Waals surface area (Å²) in [6.07, 6.45) is 1.38. The van der Waals surface area contributed by atoms with E-state index in [1.807, 2.05) is 0 Å². The zero-order chi connectivity index (χ0) is 3.41. The third-order valence-corrected chi connectivity index (χ3v) is 0.167. The van der Waals surface area contributed by atoms with E-state index in [2.05, 4.69) is 11.3 Å². The quantitative estimate of drug-likeness (QED) is 0.404. The summed E-state index contributed by atoms with van der Waals surface area (Å²) < 4.78 is 4.31. The monoisotopic (exact) mass is 76.1 g/mol. The maximum atomic E-state index is 4.31. The molecule has 0 saturated heterocycles. The smallest absolute Gasteiger partial charge is 0.0766 e. The molecule has 0 radical (unpaired) electrons. The van der Waals surface area contributed by atoms with Crippen molar-refractivity contribution in [3.63, 3.8) is 0 Å². The minimum absolute atomic E-state index is 0. The van der Waals surface area contributed by atoms with Gasteiger partial charge in [0.15, 0.2) is 0 Å². The molecule has 0 aliphatic carbocycles. The van der Waals surface area contributed by atoms with E-state index in [9.17, 15) is 0 Å². The lowest BCUT2D eigenvalue weighted by atomic mass is 11.2. The molecular weight excluding hydrogens is 68.0 g/mol. The summed E-state index contributed by atoms with van der Waals surface area (Å²) >= 11 is 0. The Labute approximate surface area is 31.4 Å². The van der Waals surface area contributed by atoms with Crippen LogP contribution >= 0.6 is 0 Å². The van der Waals surface area contributed by atoms with Crippen molar-refractivity contribution in [1.29, 1.82) is 0 Å². The molecule has 32 valence electrons. The van der Waals surface area contributed by atoms with Crippen molar-refractivity contribution in [2.45, 2.75) is 0 Å². The van der Waals surface area contributed by atoms with Gasteiger partial charge in [-0.05, 0) is 0 Å². The van der Waals surface area contributed by atoms with Gasteiger partial charge in [-0.3, -0.25) is 0 Å². The number of ether oxygens (including phenoxy) is 1. The van der Waals surface area contributed by atoms with Crippen molar-refractivity contribution in [1.82, 2.24) is 0 Å². The molecule has 0 fully saturated rings. The second-order valence-corrected chi connectivity index (χ2v) is 0.402. The van der Waals surface area contributed by atoms with Crippen LogP contribution in [0.2, 0.25) is 0 Å². The molecule has 0 unspecified atom stereocenters. The summed E-state index contributed by atoms with van der Waals surface area (Å²) in [4.78, 5) is 0. The second-order valence-electron chi connectivity index (χ2n) is 0.402. The standard InChI is InChI=1S/C3H6O.H2O/c1-3-4-2;/h3H,1H2,2H3;1H2. The molecule has 0 aromatic rings. The molecule has 0 aromatic carbocycles. The minimum atomic E-state index is 0. The van der Waals surface area contributed by atoms with Crippen molar-refractivity contribution in [2.24, 2.45) is 0 Å². The highest BCUT2D eigenvalue weighted by Crippen LogP contribution is 1.52. The average Bonchev–Trinajstić information content (AvgIpc) is 1.37. The summed E-state index contributed by atoms with van der Waals surface area (Å²) in [5.74, 6) is 0. The molecule has 2 nitrogen and oxygen atoms in total. The number of hydrogen-bond acceptors (Lipinski definition) is 1. The van der Waals surface area contributed by atoms with Crippen LogP contribution in [0.1, 0.15) is 0 Å². The topological polar surface area (TPSA) is 40.7 Å². The molecule has 0 amide bonds. The van der Waals surface area contributed by atoms with E-state index < -0.39 is 0 Å². The van der Waals surface area contributed by atoms with Gasteiger partial charge in [0.2, 0.25) is 0 Å². The lowest BCUT2D eigenvalue weighted by Crippen LogP contribution is -1.54. The molecule has 0 atom stereocenters. The Morgan fingerprint density at radius 2 is 2.00 bits per heavy atom. The Hall–Kier alpha value is -0.500. The summed E-state index contributed by atoms with van der Waals surface area (Å²) in [5.41, 5.74) is 0. The van der Waals surface area contributed by atoms with Crippen LogP contribution < -0.4 is 0 Å². The van der Waals surface area contributed by atoms with Crippen molar-refractivity contribution >= 4 is 0 Å². The maximum absolute atomic E-state index is 4.31. The molecule has 2 heteroatoms. The largest absolute Gasteiger partial charge is 0.505 e. The SMILES string of the molecule is C=COC.O. The van der Waals surface area contributed by atoms with E-state index >= 15 is 0 Å². The zero-order valence-electron chi connectivity index (χ0n) is 3.19.